The molecule has 112 valence electrons. The first-order valence-corrected chi connectivity index (χ1v) is 8.44. The summed E-state index contributed by atoms with van der Waals surface area (Å²) in [4.78, 5) is 2.21. The Kier molecular flexibility index (Phi) is 4.59. The second kappa shape index (κ2) is 5.89. The molecule has 2 rings (SSSR count). The highest BCUT2D eigenvalue weighted by Crippen LogP contribution is 2.31. The van der Waals surface area contributed by atoms with Crippen molar-refractivity contribution in [2.24, 2.45) is 0 Å². The fourth-order valence-electron chi connectivity index (χ4n) is 2.50. The summed E-state index contributed by atoms with van der Waals surface area (Å²) < 4.78 is 27.0. The van der Waals surface area contributed by atoms with Crippen molar-refractivity contribution in [3.05, 3.63) is 23.2 Å². The maximum atomic E-state index is 12.7. The molecule has 1 atom stereocenters. The van der Waals surface area contributed by atoms with Gasteiger partial charge in [0.15, 0.2) is 0 Å². The summed E-state index contributed by atoms with van der Waals surface area (Å²) in [6, 6.07) is 4.99. The number of sulfonamides is 1. The zero-order valence-electron chi connectivity index (χ0n) is 11.7. The van der Waals surface area contributed by atoms with Crippen LogP contribution in [0.1, 0.15) is 13.3 Å². The third kappa shape index (κ3) is 2.79. The van der Waals surface area contributed by atoms with Crippen LogP contribution in [0.4, 0.5) is 5.69 Å². The molecule has 1 fully saturated rings. The molecule has 0 amide bonds. The molecule has 1 aromatic carbocycles. The van der Waals surface area contributed by atoms with E-state index >= 15 is 0 Å². The van der Waals surface area contributed by atoms with E-state index in [1.54, 1.807) is 18.2 Å². The predicted molar refractivity (Wildman–Crippen MR) is 81.3 cm³/mol. The van der Waals surface area contributed by atoms with Gasteiger partial charge in [-0.1, -0.05) is 24.6 Å². The normalized spacial score (nSPS) is 22.1. The van der Waals surface area contributed by atoms with Gasteiger partial charge in [-0.2, -0.15) is 4.31 Å². The first-order valence-electron chi connectivity index (χ1n) is 6.62. The Hall–Kier alpha value is -0.820. The molecular formula is C13H20ClN3O2S. The Labute approximate surface area is 125 Å². The van der Waals surface area contributed by atoms with Crippen molar-refractivity contribution in [2.45, 2.75) is 24.3 Å². The molecule has 0 saturated carbocycles. The lowest BCUT2D eigenvalue weighted by Crippen LogP contribution is -2.52. The molecule has 0 bridgehead atoms. The minimum atomic E-state index is -3.64. The number of anilines is 1. The van der Waals surface area contributed by atoms with Gasteiger partial charge in [-0.25, -0.2) is 8.42 Å². The quantitative estimate of drug-likeness (QED) is 0.861. The van der Waals surface area contributed by atoms with Crippen molar-refractivity contribution < 1.29 is 8.42 Å². The van der Waals surface area contributed by atoms with E-state index in [0.29, 0.717) is 19.6 Å². The van der Waals surface area contributed by atoms with E-state index in [2.05, 4.69) is 11.8 Å². The Morgan fingerprint density at radius 2 is 2.10 bits per heavy atom. The van der Waals surface area contributed by atoms with Crippen LogP contribution in [0.15, 0.2) is 23.1 Å². The fourth-order valence-corrected chi connectivity index (χ4v) is 4.61. The number of hydrogen-bond donors (Lipinski definition) is 1. The van der Waals surface area contributed by atoms with E-state index in [0.717, 1.165) is 6.42 Å². The predicted octanol–water partition coefficient (Wildman–Crippen LogP) is 1.64. The van der Waals surface area contributed by atoms with Crippen LogP contribution in [-0.2, 0) is 10.0 Å². The molecule has 20 heavy (non-hydrogen) atoms. The number of nitrogens with zero attached hydrogens (tertiary/aromatic N) is 2. The molecule has 1 aliphatic rings. The zero-order chi connectivity index (χ0) is 14.9. The van der Waals surface area contributed by atoms with Gasteiger partial charge in [0.2, 0.25) is 10.0 Å². The molecule has 7 heteroatoms. The molecule has 0 radical (unpaired) electrons. The highest BCUT2D eigenvalue weighted by molar-refractivity contribution is 7.89. The van der Waals surface area contributed by atoms with Gasteiger partial charge in [0, 0.05) is 25.7 Å². The van der Waals surface area contributed by atoms with Gasteiger partial charge in [-0.05, 0) is 25.6 Å². The number of nitrogen functional groups attached to an aromatic ring is 1. The highest BCUT2D eigenvalue weighted by Gasteiger charge is 2.34. The van der Waals surface area contributed by atoms with Crippen molar-refractivity contribution in [3.8, 4) is 0 Å². The van der Waals surface area contributed by atoms with E-state index < -0.39 is 10.0 Å². The zero-order valence-corrected chi connectivity index (χ0v) is 13.3. The molecule has 1 aromatic rings. The van der Waals surface area contributed by atoms with Crippen LogP contribution in [0.5, 0.6) is 0 Å². The van der Waals surface area contributed by atoms with Crippen molar-refractivity contribution >= 4 is 27.3 Å². The van der Waals surface area contributed by atoms with E-state index in [1.807, 2.05) is 7.05 Å². The minimum Gasteiger partial charge on any atom is -0.398 e. The summed E-state index contributed by atoms with van der Waals surface area (Å²) in [7, 11) is -1.62. The van der Waals surface area contributed by atoms with Crippen LogP contribution >= 0.6 is 11.6 Å². The van der Waals surface area contributed by atoms with E-state index in [4.69, 9.17) is 17.3 Å². The topological polar surface area (TPSA) is 66.6 Å². The summed E-state index contributed by atoms with van der Waals surface area (Å²) in [5.74, 6) is 0. The second-order valence-corrected chi connectivity index (χ2v) is 7.35. The third-order valence-electron chi connectivity index (χ3n) is 3.81. The van der Waals surface area contributed by atoms with Crippen LogP contribution in [0.25, 0.3) is 0 Å². The van der Waals surface area contributed by atoms with Gasteiger partial charge in [-0.3, -0.25) is 0 Å². The van der Waals surface area contributed by atoms with E-state index in [9.17, 15) is 8.42 Å². The molecule has 0 aromatic heterocycles. The summed E-state index contributed by atoms with van der Waals surface area (Å²) in [5.41, 5.74) is 6.01. The number of hydrogen-bond acceptors (Lipinski definition) is 4. The summed E-state index contributed by atoms with van der Waals surface area (Å²) in [6.45, 7) is 3.70. The second-order valence-electron chi connectivity index (χ2n) is 5.06. The standard InChI is InChI=1S/C13H20ClN3O2S/c1-3-10-9-17(8-7-16(10)2)20(18,19)13-11(14)5-4-6-12(13)15/h4-6,10H,3,7-9,15H2,1-2H3. The fraction of sp³-hybridized carbons (Fsp3) is 0.538. The maximum absolute atomic E-state index is 12.7. The number of piperazine rings is 1. The van der Waals surface area contributed by atoms with Crippen molar-refractivity contribution in [3.63, 3.8) is 0 Å². The first kappa shape index (κ1) is 15.6. The molecule has 1 saturated heterocycles. The Morgan fingerprint density at radius 3 is 2.70 bits per heavy atom. The lowest BCUT2D eigenvalue weighted by atomic mass is 10.1. The monoisotopic (exact) mass is 317 g/mol. The van der Waals surface area contributed by atoms with E-state index in [-0.39, 0.29) is 21.6 Å². The Bertz CT molecular complexity index is 571. The lowest BCUT2D eigenvalue weighted by molar-refractivity contribution is 0.144. The molecule has 1 unspecified atom stereocenters. The first-order chi connectivity index (χ1) is 9.37. The molecule has 2 N–H and O–H groups in total. The van der Waals surface area contributed by atoms with E-state index in [1.165, 1.54) is 4.31 Å². The summed E-state index contributed by atoms with van der Waals surface area (Å²) in [6.07, 6.45) is 0.903. The van der Waals surface area contributed by atoms with Crippen LogP contribution in [-0.4, -0.2) is 50.3 Å². The highest BCUT2D eigenvalue weighted by atomic mass is 35.5. The number of benzene rings is 1. The largest absolute Gasteiger partial charge is 0.398 e. The number of likely N-dealkylation sites (N-methyl/N-ethyl adjacent to an activating group) is 1. The average Bonchev–Trinajstić information content (AvgIpc) is 2.38. The van der Waals surface area contributed by atoms with Crippen molar-refractivity contribution in [1.82, 2.24) is 9.21 Å². The van der Waals surface area contributed by atoms with Crippen molar-refractivity contribution in [1.29, 1.82) is 0 Å². The molecule has 1 heterocycles. The van der Waals surface area contributed by atoms with Crippen LogP contribution < -0.4 is 5.73 Å². The molecule has 1 aliphatic heterocycles. The van der Waals surface area contributed by atoms with Crippen LogP contribution in [0.3, 0.4) is 0 Å². The third-order valence-corrected chi connectivity index (χ3v) is 6.22. The minimum absolute atomic E-state index is 0.0288. The van der Waals surface area contributed by atoms with Gasteiger partial charge < -0.3 is 10.6 Å². The molecular weight excluding hydrogens is 298 g/mol. The number of rotatable bonds is 3. The van der Waals surface area contributed by atoms with Gasteiger partial charge in [0.05, 0.1) is 10.7 Å². The molecule has 5 nitrogen and oxygen atoms in total. The van der Waals surface area contributed by atoms with Gasteiger partial charge in [-0.15, -0.1) is 0 Å². The number of halogens is 1. The Morgan fingerprint density at radius 1 is 1.40 bits per heavy atom. The smallest absolute Gasteiger partial charge is 0.246 e. The van der Waals surface area contributed by atoms with Gasteiger partial charge in [0.1, 0.15) is 4.90 Å². The van der Waals surface area contributed by atoms with Gasteiger partial charge in [0.25, 0.3) is 0 Å². The van der Waals surface area contributed by atoms with Crippen LogP contribution in [0, 0.1) is 0 Å². The van der Waals surface area contributed by atoms with Gasteiger partial charge >= 0.3 is 0 Å². The summed E-state index contributed by atoms with van der Waals surface area (Å²) in [5, 5.41) is 0.178. The number of nitrogens with two attached hydrogens (primary N) is 1. The van der Waals surface area contributed by atoms with Crippen LogP contribution in [0.2, 0.25) is 5.02 Å². The van der Waals surface area contributed by atoms with Crippen molar-refractivity contribution in [2.75, 3.05) is 32.4 Å². The lowest BCUT2D eigenvalue weighted by Gasteiger charge is -2.38. The Balaban J connectivity index is 2.36. The molecule has 0 spiro atoms. The molecule has 0 aliphatic carbocycles. The maximum Gasteiger partial charge on any atom is 0.246 e. The summed E-state index contributed by atoms with van der Waals surface area (Å²) >= 11 is 6.04. The average molecular weight is 318 g/mol. The SMILES string of the molecule is CCC1CN(S(=O)(=O)c2c(N)cccc2Cl)CCN1C.